The lowest BCUT2D eigenvalue weighted by atomic mass is 10.00. The van der Waals surface area contributed by atoms with E-state index in [1.807, 2.05) is 6.92 Å². The molecule has 1 atom stereocenters. The number of halogens is 2. The number of methoxy groups -OCH3 is 1. The molecule has 0 aliphatic carbocycles. The number of rotatable bonds is 6. The summed E-state index contributed by atoms with van der Waals surface area (Å²) in [5, 5.41) is 3.26. The monoisotopic (exact) mass is 292 g/mol. The minimum Gasteiger partial charge on any atom is -0.494 e. The van der Waals surface area contributed by atoms with Gasteiger partial charge in [0, 0.05) is 12.2 Å². The molecule has 2 aromatic rings. The molecule has 112 valence electrons. The van der Waals surface area contributed by atoms with Crippen LogP contribution >= 0.6 is 0 Å². The predicted octanol–water partition coefficient (Wildman–Crippen LogP) is 3.26. The van der Waals surface area contributed by atoms with Crippen LogP contribution < -0.4 is 10.1 Å². The number of likely N-dealkylation sites (N-methyl/N-ethyl adjacent to an activating group) is 1. The first-order valence-electron chi connectivity index (χ1n) is 6.80. The number of ether oxygens (including phenoxy) is 1. The molecule has 0 bridgehead atoms. The third-order valence-electron chi connectivity index (χ3n) is 3.23. The van der Waals surface area contributed by atoms with Gasteiger partial charge in [-0.15, -0.1) is 0 Å². The Morgan fingerprint density at radius 2 is 2.05 bits per heavy atom. The highest BCUT2D eigenvalue weighted by Crippen LogP contribution is 2.23. The minimum absolute atomic E-state index is 0.119. The van der Waals surface area contributed by atoms with Crippen LogP contribution in [0.15, 0.2) is 36.7 Å². The topological polar surface area (TPSA) is 34.1 Å². The highest BCUT2D eigenvalue weighted by molar-refractivity contribution is 5.30. The summed E-state index contributed by atoms with van der Waals surface area (Å²) in [5.41, 5.74) is 1.55. The predicted molar refractivity (Wildman–Crippen MR) is 77.3 cm³/mol. The third kappa shape index (κ3) is 3.98. The Balaban J connectivity index is 2.22. The van der Waals surface area contributed by atoms with Crippen LogP contribution in [0, 0.1) is 11.6 Å². The SMILES string of the molecule is CCNC(Cc1ccc(OC)c(F)c1)c1cncc(F)c1. The first-order valence-corrected chi connectivity index (χ1v) is 6.80. The van der Waals surface area contributed by atoms with Crippen LogP contribution in [0.25, 0.3) is 0 Å². The first kappa shape index (κ1) is 15.4. The van der Waals surface area contributed by atoms with E-state index in [0.717, 1.165) is 17.7 Å². The zero-order valence-corrected chi connectivity index (χ0v) is 12.1. The average Bonchev–Trinajstić information content (AvgIpc) is 2.47. The smallest absolute Gasteiger partial charge is 0.165 e. The summed E-state index contributed by atoms with van der Waals surface area (Å²) in [4.78, 5) is 3.86. The van der Waals surface area contributed by atoms with Gasteiger partial charge in [-0.05, 0) is 42.3 Å². The van der Waals surface area contributed by atoms with Crippen molar-refractivity contribution in [2.24, 2.45) is 0 Å². The van der Waals surface area contributed by atoms with Crippen LogP contribution in [-0.4, -0.2) is 18.6 Å². The maximum atomic E-state index is 13.7. The third-order valence-corrected chi connectivity index (χ3v) is 3.23. The molecule has 0 spiro atoms. The van der Waals surface area contributed by atoms with Crippen LogP contribution in [0.5, 0.6) is 5.75 Å². The summed E-state index contributed by atoms with van der Waals surface area (Å²) in [6.07, 6.45) is 3.33. The molecular weight excluding hydrogens is 274 g/mol. The Hall–Kier alpha value is -2.01. The Morgan fingerprint density at radius 3 is 2.67 bits per heavy atom. The Kier molecular flexibility index (Phi) is 5.22. The summed E-state index contributed by atoms with van der Waals surface area (Å²) >= 11 is 0. The fourth-order valence-electron chi connectivity index (χ4n) is 2.25. The van der Waals surface area contributed by atoms with Crippen molar-refractivity contribution in [3.63, 3.8) is 0 Å². The molecule has 5 heteroatoms. The lowest BCUT2D eigenvalue weighted by Crippen LogP contribution is -2.23. The molecule has 1 aromatic carbocycles. The van der Waals surface area contributed by atoms with Crippen LogP contribution in [0.4, 0.5) is 8.78 Å². The Labute approximate surface area is 123 Å². The number of hydrogen-bond acceptors (Lipinski definition) is 3. The van der Waals surface area contributed by atoms with Gasteiger partial charge in [0.05, 0.1) is 13.3 Å². The zero-order valence-electron chi connectivity index (χ0n) is 12.1. The lowest BCUT2D eigenvalue weighted by Gasteiger charge is -2.18. The molecule has 0 saturated carbocycles. The average molecular weight is 292 g/mol. The number of benzene rings is 1. The summed E-state index contributed by atoms with van der Waals surface area (Å²) < 4.78 is 31.9. The van der Waals surface area contributed by atoms with Crippen molar-refractivity contribution < 1.29 is 13.5 Å². The standard InChI is InChI=1S/C16H18F2N2O/c1-3-20-15(12-8-13(17)10-19-9-12)7-11-4-5-16(21-2)14(18)6-11/h4-6,8-10,15,20H,3,7H2,1-2H3. The fourth-order valence-corrected chi connectivity index (χ4v) is 2.25. The molecule has 0 fully saturated rings. The molecule has 0 aliphatic heterocycles. The zero-order chi connectivity index (χ0) is 15.2. The van der Waals surface area contributed by atoms with Gasteiger partial charge in [0.1, 0.15) is 5.82 Å². The van der Waals surface area contributed by atoms with E-state index in [1.54, 1.807) is 18.3 Å². The number of hydrogen-bond donors (Lipinski definition) is 1. The van der Waals surface area contributed by atoms with Crippen LogP contribution in [0.2, 0.25) is 0 Å². The van der Waals surface area contributed by atoms with Gasteiger partial charge in [0.25, 0.3) is 0 Å². The van der Waals surface area contributed by atoms with Gasteiger partial charge >= 0.3 is 0 Å². The van der Waals surface area contributed by atoms with Crippen molar-refractivity contribution in [1.29, 1.82) is 0 Å². The van der Waals surface area contributed by atoms with Gasteiger partial charge in [0.2, 0.25) is 0 Å². The van der Waals surface area contributed by atoms with Gasteiger partial charge in [-0.2, -0.15) is 0 Å². The van der Waals surface area contributed by atoms with E-state index >= 15 is 0 Å². The van der Waals surface area contributed by atoms with Crippen LogP contribution in [-0.2, 0) is 6.42 Å². The molecule has 0 radical (unpaired) electrons. The van der Waals surface area contributed by atoms with Gasteiger partial charge in [-0.1, -0.05) is 13.0 Å². The second-order valence-corrected chi connectivity index (χ2v) is 4.72. The van der Waals surface area contributed by atoms with Crippen molar-refractivity contribution in [3.8, 4) is 5.75 Å². The second-order valence-electron chi connectivity index (χ2n) is 4.72. The van der Waals surface area contributed by atoms with E-state index in [0.29, 0.717) is 6.42 Å². The van der Waals surface area contributed by atoms with Crippen LogP contribution in [0.1, 0.15) is 24.1 Å². The van der Waals surface area contributed by atoms with Crippen molar-refractivity contribution in [2.75, 3.05) is 13.7 Å². The number of nitrogens with zero attached hydrogens (tertiary/aromatic N) is 1. The van der Waals surface area contributed by atoms with E-state index in [2.05, 4.69) is 10.3 Å². The number of aromatic nitrogens is 1. The molecule has 1 heterocycles. The highest BCUT2D eigenvalue weighted by atomic mass is 19.1. The summed E-state index contributed by atoms with van der Waals surface area (Å²) in [7, 11) is 1.43. The molecule has 1 unspecified atom stereocenters. The summed E-state index contributed by atoms with van der Waals surface area (Å²) in [6.45, 7) is 2.69. The summed E-state index contributed by atoms with van der Waals surface area (Å²) in [5.74, 6) is -0.565. The van der Waals surface area contributed by atoms with E-state index in [9.17, 15) is 8.78 Å². The maximum absolute atomic E-state index is 13.7. The summed E-state index contributed by atoms with van der Waals surface area (Å²) in [6, 6.07) is 6.16. The molecule has 0 saturated heterocycles. The van der Waals surface area contributed by atoms with Crippen molar-refractivity contribution >= 4 is 0 Å². The molecule has 0 amide bonds. The van der Waals surface area contributed by atoms with Gasteiger partial charge < -0.3 is 10.1 Å². The lowest BCUT2D eigenvalue weighted by molar-refractivity contribution is 0.386. The van der Waals surface area contributed by atoms with Gasteiger partial charge in [-0.3, -0.25) is 4.98 Å². The van der Waals surface area contributed by atoms with Crippen molar-refractivity contribution in [3.05, 3.63) is 59.4 Å². The molecule has 21 heavy (non-hydrogen) atoms. The molecule has 1 N–H and O–H groups in total. The Morgan fingerprint density at radius 1 is 1.24 bits per heavy atom. The van der Waals surface area contributed by atoms with Gasteiger partial charge in [0.15, 0.2) is 11.6 Å². The van der Waals surface area contributed by atoms with Crippen LogP contribution in [0.3, 0.4) is 0 Å². The van der Waals surface area contributed by atoms with E-state index < -0.39 is 5.82 Å². The van der Waals surface area contributed by atoms with Crippen molar-refractivity contribution in [1.82, 2.24) is 10.3 Å². The highest BCUT2D eigenvalue weighted by Gasteiger charge is 2.14. The van der Waals surface area contributed by atoms with Gasteiger partial charge in [-0.25, -0.2) is 8.78 Å². The minimum atomic E-state index is -0.400. The molecule has 0 aliphatic rings. The largest absolute Gasteiger partial charge is 0.494 e. The molecular formula is C16H18F2N2O. The number of nitrogens with one attached hydrogen (secondary N) is 1. The quantitative estimate of drug-likeness (QED) is 0.887. The molecule has 3 nitrogen and oxygen atoms in total. The van der Waals surface area contributed by atoms with E-state index in [4.69, 9.17) is 4.74 Å². The molecule has 1 aromatic heterocycles. The first-order chi connectivity index (χ1) is 10.1. The normalized spacial score (nSPS) is 12.2. The van der Waals surface area contributed by atoms with E-state index in [-0.39, 0.29) is 17.6 Å². The van der Waals surface area contributed by atoms with Crippen molar-refractivity contribution in [2.45, 2.75) is 19.4 Å². The maximum Gasteiger partial charge on any atom is 0.165 e. The van der Waals surface area contributed by atoms with E-state index in [1.165, 1.54) is 25.4 Å². The number of pyridine rings is 1. The Bertz CT molecular complexity index is 605. The second kappa shape index (κ2) is 7.13. The molecule has 2 rings (SSSR count). The fraction of sp³-hybridized carbons (Fsp3) is 0.312.